The Balaban J connectivity index is 1.41. The number of para-hydroxylation sites is 1. The van der Waals surface area contributed by atoms with Crippen LogP contribution in [0.1, 0.15) is 6.42 Å². The first-order valence-electron chi connectivity index (χ1n) is 8.35. The van der Waals surface area contributed by atoms with Crippen LogP contribution in [0.3, 0.4) is 0 Å². The molecule has 7 heteroatoms. The molecule has 0 aliphatic carbocycles. The quantitative estimate of drug-likeness (QED) is 0.427. The van der Waals surface area contributed by atoms with Crippen LogP contribution < -0.4 is 5.32 Å². The van der Waals surface area contributed by atoms with Gasteiger partial charge in [-0.25, -0.2) is 4.98 Å². The third-order valence-electron chi connectivity index (χ3n) is 4.22. The average Bonchev–Trinajstić information content (AvgIpc) is 3.27. The molecule has 0 unspecified atom stereocenters. The highest BCUT2D eigenvalue weighted by atomic mass is 35.5. The molecule has 0 aliphatic rings. The van der Waals surface area contributed by atoms with Gasteiger partial charge in [0.15, 0.2) is 5.13 Å². The predicted octanol–water partition coefficient (Wildman–Crippen LogP) is 6.10. The number of anilines is 1. The van der Waals surface area contributed by atoms with E-state index >= 15 is 0 Å². The second-order valence-electron chi connectivity index (χ2n) is 6.03. The second kappa shape index (κ2) is 7.72. The van der Waals surface area contributed by atoms with Gasteiger partial charge in [0.05, 0.1) is 10.7 Å². The van der Waals surface area contributed by atoms with Crippen LogP contribution in [0.25, 0.3) is 22.2 Å². The first-order chi connectivity index (χ1) is 13.1. The summed E-state index contributed by atoms with van der Waals surface area (Å²) in [6, 6.07) is 15.4. The number of thiazole rings is 1. The summed E-state index contributed by atoms with van der Waals surface area (Å²) in [4.78, 5) is 16.8. The number of nitrogens with zero attached hydrogens (tertiary/aromatic N) is 2. The zero-order valence-corrected chi connectivity index (χ0v) is 16.5. The smallest absolute Gasteiger partial charge is 0.227 e. The number of aryl methyl sites for hydroxylation is 1. The lowest BCUT2D eigenvalue weighted by atomic mass is 10.2. The third-order valence-corrected chi connectivity index (χ3v) is 5.52. The van der Waals surface area contributed by atoms with E-state index in [2.05, 4.69) is 33.1 Å². The van der Waals surface area contributed by atoms with Crippen LogP contribution >= 0.6 is 34.5 Å². The molecule has 0 saturated heterocycles. The highest BCUT2D eigenvalue weighted by Crippen LogP contribution is 2.32. The summed E-state index contributed by atoms with van der Waals surface area (Å²) in [5, 5.41) is 7.55. The summed E-state index contributed by atoms with van der Waals surface area (Å²) >= 11 is 13.5. The fraction of sp³-hybridized carbons (Fsp3) is 0.100. The van der Waals surface area contributed by atoms with E-state index in [4.69, 9.17) is 23.2 Å². The predicted molar refractivity (Wildman–Crippen MR) is 113 cm³/mol. The van der Waals surface area contributed by atoms with Gasteiger partial charge in [-0.1, -0.05) is 41.4 Å². The van der Waals surface area contributed by atoms with E-state index in [1.165, 1.54) is 16.7 Å². The minimum atomic E-state index is -0.0733. The lowest BCUT2D eigenvalue weighted by molar-refractivity contribution is -0.116. The number of carbonyl (C=O) groups is 1. The summed E-state index contributed by atoms with van der Waals surface area (Å²) in [5.74, 6) is -0.0733. The molecule has 0 atom stereocenters. The number of carbonyl (C=O) groups excluding carboxylic acids is 1. The Morgan fingerprint density at radius 3 is 2.85 bits per heavy atom. The lowest BCUT2D eigenvalue weighted by Gasteiger charge is -2.05. The van der Waals surface area contributed by atoms with Crippen LogP contribution in [0, 0.1) is 0 Å². The zero-order valence-electron chi connectivity index (χ0n) is 14.2. The summed E-state index contributed by atoms with van der Waals surface area (Å²) in [7, 11) is 0. The molecule has 136 valence electrons. The summed E-state index contributed by atoms with van der Waals surface area (Å²) in [6.07, 6.45) is 2.37. The van der Waals surface area contributed by atoms with Gasteiger partial charge in [-0.05, 0) is 35.7 Å². The van der Waals surface area contributed by atoms with E-state index in [9.17, 15) is 4.79 Å². The van der Waals surface area contributed by atoms with E-state index in [0.717, 1.165) is 11.1 Å². The Morgan fingerprint density at radius 1 is 1.15 bits per heavy atom. The number of halogens is 2. The maximum absolute atomic E-state index is 12.3. The minimum absolute atomic E-state index is 0.0733. The topological polar surface area (TPSA) is 46.9 Å². The largest absolute Gasteiger partial charge is 0.347 e. The highest BCUT2D eigenvalue weighted by Gasteiger charge is 2.11. The van der Waals surface area contributed by atoms with Gasteiger partial charge in [0.25, 0.3) is 0 Å². The van der Waals surface area contributed by atoms with Crippen LogP contribution in [0.5, 0.6) is 0 Å². The van der Waals surface area contributed by atoms with Gasteiger partial charge in [-0.15, -0.1) is 11.3 Å². The number of amides is 1. The van der Waals surface area contributed by atoms with Crippen LogP contribution in [-0.4, -0.2) is 15.5 Å². The molecular formula is C20H15Cl2N3OS. The van der Waals surface area contributed by atoms with Crippen molar-refractivity contribution in [2.24, 2.45) is 0 Å². The second-order valence-corrected chi connectivity index (χ2v) is 7.73. The van der Waals surface area contributed by atoms with Gasteiger partial charge in [0.1, 0.15) is 0 Å². The molecule has 1 amide bonds. The van der Waals surface area contributed by atoms with Gasteiger partial charge < -0.3 is 9.88 Å². The molecule has 0 aliphatic heterocycles. The van der Waals surface area contributed by atoms with E-state index in [-0.39, 0.29) is 5.91 Å². The summed E-state index contributed by atoms with van der Waals surface area (Å²) < 4.78 is 2.08. The fourth-order valence-electron chi connectivity index (χ4n) is 2.89. The first-order valence-corrected chi connectivity index (χ1v) is 9.98. The van der Waals surface area contributed by atoms with Crippen molar-refractivity contribution in [3.05, 3.63) is 70.2 Å². The number of hydrogen-bond acceptors (Lipinski definition) is 3. The van der Waals surface area contributed by atoms with Crippen molar-refractivity contribution in [2.45, 2.75) is 13.0 Å². The number of benzene rings is 2. The summed E-state index contributed by atoms with van der Waals surface area (Å²) in [5.41, 5.74) is 2.63. The van der Waals surface area contributed by atoms with Crippen LogP contribution in [0.2, 0.25) is 10.0 Å². The molecule has 0 radical (unpaired) electrons. The van der Waals surface area contributed by atoms with Gasteiger partial charge in [-0.2, -0.15) is 0 Å². The third kappa shape index (κ3) is 4.00. The van der Waals surface area contributed by atoms with Gasteiger partial charge in [-0.3, -0.25) is 4.79 Å². The Morgan fingerprint density at radius 2 is 2.00 bits per heavy atom. The number of aromatic nitrogens is 2. The van der Waals surface area contributed by atoms with E-state index < -0.39 is 0 Å². The van der Waals surface area contributed by atoms with Crippen molar-refractivity contribution in [1.29, 1.82) is 0 Å². The number of fused-ring (bicyclic) bond motifs is 1. The molecular weight excluding hydrogens is 401 g/mol. The Labute approximate surface area is 170 Å². The first kappa shape index (κ1) is 18.0. The molecule has 4 nitrogen and oxygen atoms in total. The van der Waals surface area contributed by atoms with Crippen molar-refractivity contribution in [2.75, 3.05) is 5.32 Å². The molecule has 0 fully saturated rings. The van der Waals surface area contributed by atoms with E-state index in [0.29, 0.717) is 33.8 Å². The number of rotatable bonds is 5. The van der Waals surface area contributed by atoms with E-state index in [1.54, 1.807) is 12.1 Å². The maximum atomic E-state index is 12.3. The van der Waals surface area contributed by atoms with Crippen LogP contribution in [-0.2, 0) is 11.3 Å². The molecule has 1 N–H and O–H groups in total. The van der Waals surface area contributed by atoms with Crippen molar-refractivity contribution >= 4 is 56.5 Å². The maximum Gasteiger partial charge on any atom is 0.227 e. The molecule has 4 rings (SSSR count). The van der Waals surface area contributed by atoms with Gasteiger partial charge >= 0.3 is 0 Å². The van der Waals surface area contributed by atoms with Crippen LogP contribution in [0.15, 0.2) is 60.1 Å². The minimum Gasteiger partial charge on any atom is -0.347 e. The van der Waals surface area contributed by atoms with E-state index in [1.807, 2.05) is 29.8 Å². The highest BCUT2D eigenvalue weighted by molar-refractivity contribution is 7.14. The molecule has 0 bridgehead atoms. The number of nitrogens with one attached hydrogen (secondary N) is 1. The van der Waals surface area contributed by atoms with Crippen molar-refractivity contribution < 1.29 is 4.79 Å². The molecule has 2 aromatic carbocycles. The Kier molecular flexibility index (Phi) is 5.16. The standard InChI is InChI=1S/C20H15Cl2N3OS/c21-14-5-6-15(16(22)11-14)17-12-27-20(23-17)24-19(26)8-10-25-9-7-13-3-1-2-4-18(13)25/h1-7,9,11-12H,8,10H2,(H,23,24,26). The Hall–Kier alpha value is -2.34. The lowest BCUT2D eigenvalue weighted by Crippen LogP contribution is -2.14. The fourth-order valence-corrected chi connectivity index (χ4v) is 4.12. The average molecular weight is 416 g/mol. The van der Waals surface area contributed by atoms with Crippen molar-refractivity contribution in [3.8, 4) is 11.3 Å². The molecule has 0 spiro atoms. The monoisotopic (exact) mass is 415 g/mol. The molecule has 2 aromatic heterocycles. The normalized spacial score (nSPS) is 11.0. The summed E-state index contributed by atoms with van der Waals surface area (Å²) in [6.45, 7) is 0.612. The Bertz CT molecular complexity index is 1120. The molecule has 0 saturated carbocycles. The molecule has 27 heavy (non-hydrogen) atoms. The van der Waals surface area contributed by atoms with Gasteiger partial charge in [0, 0.05) is 40.6 Å². The van der Waals surface area contributed by atoms with Crippen molar-refractivity contribution in [3.63, 3.8) is 0 Å². The number of hydrogen-bond donors (Lipinski definition) is 1. The van der Waals surface area contributed by atoms with Crippen LogP contribution in [0.4, 0.5) is 5.13 Å². The van der Waals surface area contributed by atoms with Gasteiger partial charge in [0.2, 0.25) is 5.91 Å². The van der Waals surface area contributed by atoms with Crippen molar-refractivity contribution in [1.82, 2.24) is 9.55 Å². The zero-order chi connectivity index (χ0) is 18.8. The molecule has 4 aromatic rings. The molecule has 2 heterocycles. The SMILES string of the molecule is O=C(CCn1ccc2ccccc21)Nc1nc(-c2ccc(Cl)cc2Cl)cs1.